The molecule has 0 aliphatic rings. The molecule has 2 aromatic rings. The maximum Gasteiger partial charge on any atom is 0.243 e. The number of hydrogen-bond donors (Lipinski definition) is 1. The molecule has 28 heavy (non-hydrogen) atoms. The van der Waals surface area contributed by atoms with Crippen molar-refractivity contribution < 1.29 is 22.7 Å². The predicted octanol–water partition coefficient (Wildman–Crippen LogP) is 2.42. The minimum Gasteiger partial charge on any atom is -0.490 e. The predicted molar refractivity (Wildman–Crippen MR) is 107 cm³/mol. The Balaban J connectivity index is 1.97. The van der Waals surface area contributed by atoms with Gasteiger partial charge in [0.1, 0.15) is 0 Å². The summed E-state index contributed by atoms with van der Waals surface area (Å²) >= 11 is 0. The molecular weight excluding hydrogens is 380 g/mol. The van der Waals surface area contributed by atoms with Gasteiger partial charge in [-0.15, -0.1) is 0 Å². The third kappa shape index (κ3) is 5.71. The molecule has 0 radical (unpaired) electrons. The highest BCUT2D eigenvalue weighted by atomic mass is 32.2. The van der Waals surface area contributed by atoms with Crippen LogP contribution in [0.4, 0.5) is 0 Å². The highest BCUT2D eigenvalue weighted by Gasteiger charge is 2.22. The highest BCUT2D eigenvalue weighted by molar-refractivity contribution is 7.89. The summed E-state index contributed by atoms with van der Waals surface area (Å²) in [7, 11) is -2.33. The van der Waals surface area contributed by atoms with Gasteiger partial charge in [0, 0.05) is 13.6 Å². The van der Waals surface area contributed by atoms with Crippen molar-refractivity contribution in [3.8, 4) is 11.5 Å². The number of rotatable bonds is 10. The molecule has 0 fully saturated rings. The van der Waals surface area contributed by atoms with E-state index in [1.807, 2.05) is 19.9 Å². The van der Waals surface area contributed by atoms with Crippen LogP contribution >= 0.6 is 0 Å². The van der Waals surface area contributed by atoms with Crippen molar-refractivity contribution in [2.24, 2.45) is 0 Å². The van der Waals surface area contributed by atoms with E-state index in [1.165, 1.54) is 19.2 Å². The fraction of sp³-hybridized carbons (Fsp3) is 0.350. The number of hydrogen-bond acceptors (Lipinski definition) is 5. The largest absolute Gasteiger partial charge is 0.490 e. The lowest BCUT2D eigenvalue weighted by molar-refractivity contribution is -0.121. The van der Waals surface area contributed by atoms with Crippen LogP contribution in [0.25, 0.3) is 0 Å². The maximum absolute atomic E-state index is 12.5. The second-order valence-corrected chi connectivity index (χ2v) is 8.04. The van der Waals surface area contributed by atoms with Gasteiger partial charge >= 0.3 is 0 Å². The number of carbonyl (C=O) groups is 1. The number of amides is 1. The minimum absolute atomic E-state index is 0.151. The van der Waals surface area contributed by atoms with Crippen molar-refractivity contribution in [3.63, 3.8) is 0 Å². The summed E-state index contributed by atoms with van der Waals surface area (Å²) in [6.07, 6.45) is 0. The lowest BCUT2D eigenvalue weighted by Gasteiger charge is -2.17. The molecule has 0 saturated carbocycles. The normalized spacial score (nSPS) is 11.3. The fourth-order valence-electron chi connectivity index (χ4n) is 2.52. The van der Waals surface area contributed by atoms with Gasteiger partial charge in [0.2, 0.25) is 15.9 Å². The van der Waals surface area contributed by atoms with Crippen LogP contribution in [-0.4, -0.2) is 45.4 Å². The Kier molecular flexibility index (Phi) is 7.83. The van der Waals surface area contributed by atoms with Crippen molar-refractivity contribution in [2.45, 2.75) is 25.3 Å². The number of carbonyl (C=O) groups excluding carboxylic acids is 1. The molecule has 0 unspecified atom stereocenters. The van der Waals surface area contributed by atoms with E-state index in [-0.39, 0.29) is 18.0 Å². The summed E-state index contributed by atoms with van der Waals surface area (Å²) in [5.74, 6) is 0.863. The van der Waals surface area contributed by atoms with E-state index >= 15 is 0 Å². The van der Waals surface area contributed by atoms with Gasteiger partial charge in [-0.1, -0.05) is 24.3 Å². The molecule has 0 aromatic heterocycles. The van der Waals surface area contributed by atoms with E-state index in [1.54, 1.807) is 30.3 Å². The van der Waals surface area contributed by atoms with Gasteiger partial charge in [0.25, 0.3) is 0 Å². The molecule has 2 aromatic carbocycles. The van der Waals surface area contributed by atoms with Crippen LogP contribution in [0.5, 0.6) is 11.5 Å². The first-order valence-corrected chi connectivity index (χ1v) is 10.5. The number of sulfonamides is 1. The monoisotopic (exact) mass is 406 g/mol. The van der Waals surface area contributed by atoms with E-state index in [9.17, 15) is 13.2 Å². The molecule has 0 aliphatic carbocycles. The van der Waals surface area contributed by atoms with E-state index < -0.39 is 15.9 Å². The second-order valence-electron chi connectivity index (χ2n) is 6.00. The Morgan fingerprint density at radius 1 is 1.00 bits per heavy atom. The first kappa shape index (κ1) is 21.7. The summed E-state index contributed by atoms with van der Waals surface area (Å²) in [4.78, 5) is 12.4. The van der Waals surface area contributed by atoms with E-state index in [4.69, 9.17) is 9.47 Å². The first-order chi connectivity index (χ1) is 13.4. The van der Waals surface area contributed by atoms with Crippen molar-refractivity contribution in [3.05, 3.63) is 54.1 Å². The number of nitrogens with one attached hydrogen (secondary N) is 1. The van der Waals surface area contributed by atoms with Crippen LogP contribution < -0.4 is 14.8 Å². The maximum atomic E-state index is 12.5. The molecule has 0 atom stereocenters. The summed E-state index contributed by atoms with van der Waals surface area (Å²) in [6, 6.07) is 13.4. The van der Waals surface area contributed by atoms with E-state index in [0.717, 1.165) is 9.87 Å². The van der Waals surface area contributed by atoms with Gasteiger partial charge in [-0.05, 0) is 43.7 Å². The highest BCUT2D eigenvalue weighted by Crippen LogP contribution is 2.28. The Labute approximate surface area is 166 Å². The van der Waals surface area contributed by atoms with Crippen LogP contribution in [0, 0.1) is 0 Å². The van der Waals surface area contributed by atoms with Crippen LogP contribution in [0.15, 0.2) is 53.4 Å². The lowest BCUT2D eigenvalue weighted by Crippen LogP contribution is -2.38. The number of benzene rings is 2. The molecule has 0 bridgehead atoms. The van der Waals surface area contributed by atoms with Gasteiger partial charge in [-0.2, -0.15) is 4.31 Å². The molecule has 1 amide bonds. The van der Waals surface area contributed by atoms with Crippen molar-refractivity contribution >= 4 is 15.9 Å². The van der Waals surface area contributed by atoms with Gasteiger partial charge in [-0.25, -0.2) is 8.42 Å². The van der Waals surface area contributed by atoms with Gasteiger partial charge in [0.15, 0.2) is 11.5 Å². The zero-order chi connectivity index (χ0) is 20.6. The summed E-state index contributed by atoms with van der Waals surface area (Å²) in [5.41, 5.74) is 0.828. The molecule has 7 nitrogen and oxygen atoms in total. The van der Waals surface area contributed by atoms with Crippen molar-refractivity contribution in [1.82, 2.24) is 9.62 Å². The Morgan fingerprint density at radius 2 is 1.64 bits per heavy atom. The Bertz CT molecular complexity index is 885. The second kappa shape index (κ2) is 10.1. The molecule has 8 heteroatoms. The third-order valence-corrected chi connectivity index (χ3v) is 5.73. The van der Waals surface area contributed by atoms with Gasteiger partial charge in [-0.3, -0.25) is 4.79 Å². The number of ether oxygens (including phenoxy) is 2. The van der Waals surface area contributed by atoms with Crippen LogP contribution in [0.2, 0.25) is 0 Å². The topological polar surface area (TPSA) is 84.9 Å². The lowest BCUT2D eigenvalue weighted by atomic mass is 10.2. The van der Waals surface area contributed by atoms with Crippen molar-refractivity contribution in [2.75, 3.05) is 26.8 Å². The summed E-state index contributed by atoms with van der Waals surface area (Å²) in [5, 5.41) is 2.73. The standard InChI is InChI=1S/C20H26N2O5S/c1-4-26-18-12-11-16(13-19(18)27-5-2)14-21-20(23)15-22(3)28(24,25)17-9-7-6-8-10-17/h6-13H,4-5,14-15H2,1-3H3,(H,21,23). The zero-order valence-electron chi connectivity index (χ0n) is 16.3. The van der Waals surface area contributed by atoms with Crippen LogP contribution in [-0.2, 0) is 21.4 Å². The first-order valence-electron chi connectivity index (χ1n) is 9.05. The molecule has 0 heterocycles. The molecule has 2 rings (SSSR count). The molecule has 1 N–H and O–H groups in total. The molecule has 0 aliphatic heterocycles. The molecular formula is C20H26N2O5S. The van der Waals surface area contributed by atoms with E-state index in [0.29, 0.717) is 24.7 Å². The van der Waals surface area contributed by atoms with E-state index in [2.05, 4.69) is 5.32 Å². The average molecular weight is 407 g/mol. The van der Waals surface area contributed by atoms with Gasteiger partial charge < -0.3 is 14.8 Å². The van der Waals surface area contributed by atoms with Crippen molar-refractivity contribution in [1.29, 1.82) is 0 Å². The quantitative estimate of drug-likeness (QED) is 0.655. The zero-order valence-corrected chi connectivity index (χ0v) is 17.2. The SMILES string of the molecule is CCOc1ccc(CNC(=O)CN(C)S(=O)(=O)c2ccccc2)cc1OCC. The molecule has 0 saturated heterocycles. The minimum atomic E-state index is -3.71. The summed E-state index contributed by atoms with van der Waals surface area (Å²) < 4.78 is 37.1. The van der Waals surface area contributed by atoms with Crippen LogP contribution in [0.3, 0.4) is 0 Å². The fourth-order valence-corrected chi connectivity index (χ4v) is 3.67. The Morgan fingerprint density at radius 3 is 2.29 bits per heavy atom. The Hall–Kier alpha value is -2.58. The van der Waals surface area contributed by atoms with Gasteiger partial charge in [0.05, 0.1) is 24.7 Å². The average Bonchev–Trinajstić information content (AvgIpc) is 2.69. The smallest absolute Gasteiger partial charge is 0.243 e. The third-order valence-electron chi connectivity index (χ3n) is 3.92. The number of likely N-dealkylation sites (N-methyl/N-ethyl adjacent to an activating group) is 1. The van der Waals surface area contributed by atoms with Crippen LogP contribution in [0.1, 0.15) is 19.4 Å². The summed E-state index contributed by atoms with van der Waals surface area (Å²) in [6.45, 7) is 4.78. The molecule has 152 valence electrons. The number of nitrogens with zero attached hydrogens (tertiary/aromatic N) is 1. The molecule has 0 spiro atoms.